The molecule has 0 saturated carbocycles. The molecule has 1 saturated heterocycles. The Morgan fingerprint density at radius 2 is 1.87 bits per heavy atom. The number of hydrogen-bond donors (Lipinski definition) is 0. The van der Waals surface area contributed by atoms with Crippen molar-refractivity contribution in [3.05, 3.63) is 52.0 Å². The van der Waals surface area contributed by atoms with Crippen LogP contribution in [0.5, 0.6) is 11.5 Å². The Balaban J connectivity index is 1.66. The lowest BCUT2D eigenvalue weighted by atomic mass is 10.1. The average molecular weight is 452 g/mol. The smallest absolute Gasteiger partial charge is 0.311 e. The van der Waals surface area contributed by atoms with Crippen LogP contribution >= 0.6 is 23.2 Å². The van der Waals surface area contributed by atoms with Crippen molar-refractivity contribution >= 4 is 46.5 Å². The molecule has 3 rings (SSSR count). The van der Waals surface area contributed by atoms with Gasteiger partial charge in [-0.2, -0.15) is 0 Å². The highest BCUT2D eigenvalue weighted by atomic mass is 35.5. The monoisotopic (exact) mass is 451 g/mol. The minimum absolute atomic E-state index is 0.0326. The number of Topliss-reactive ketones (excluding diaryl/α,β-unsaturated/α-hetero) is 1. The summed E-state index contributed by atoms with van der Waals surface area (Å²) in [5.74, 6) is -1.02. The summed E-state index contributed by atoms with van der Waals surface area (Å²) in [5.41, 5.74) is 0.709. The fraction of sp³-hybridized carbons (Fsp3) is 0.286. The molecule has 1 amide bonds. The van der Waals surface area contributed by atoms with E-state index in [1.165, 1.54) is 37.3 Å². The fourth-order valence-electron chi connectivity index (χ4n) is 3.15. The maximum Gasteiger partial charge on any atom is 0.311 e. The second-order valence-electron chi connectivity index (χ2n) is 6.60. The molecule has 2 aromatic carbocycles. The lowest BCUT2D eigenvalue weighted by Crippen LogP contribution is -2.27. The van der Waals surface area contributed by atoms with E-state index in [4.69, 9.17) is 37.4 Å². The number of ketones is 1. The second-order valence-corrected chi connectivity index (χ2v) is 7.44. The van der Waals surface area contributed by atoms with Crippen LogP contribution in [-0.2, 0) is 14.3 Å². The van der Waals surface area contributed by atoms with Crippen molar-refractivity contribution in [3.63, 3.8) is 0 Å². The molecule has 0 bridgehead atoms. The maximum atomic E-state index is 12.5. The molecule has 0 N–H and O–H groups in total. The summed E-state index contributed by atoms with van der Waals surface area (Å²) in [4.78, 5) is 38.7. The topological polar surface area (TPSA) is 82.1 Å². The molecular weight excluding hydrogens is 433 g/mol. The Labute approximate surface area is 183 Å². The number of hydrogen-bond acceptors (Lipinski definition) is 6. The molecule has 1 fully saturated rings. The minimum atomic E-state index is -0.707. The summed E-state index contributed by atoms with van der Waals surface area (Å²) in [7, 11) is 3.01. The molecule has 2 aromatic rings. The summed E-state index contributed by atoms with van der Waals surface area (Å²) in [5, 5.41) is 0.571. The van der Waals surface area contributed by atoms with Crippen LogP contribution in [0.1, 0.15) is 16.8 Å². The van der Waals surface area contributed by atoms with Crippen molar-refractivity contribution in [1.82, 2.24) is 0 Å². The van der Waals surface area contributed by atoms with Gasteiger partial charge in [-0.3, -0.25) is 14.4 Å². The number of methoxy groups -OCH3 is 2. The van der Waals surface area contributed by atoms with Crippen LogP contribution in [0.2, 0.25) is 10.0 Å². The molecular formula is C21H19Cl2NO6. The number of halogens is 2. The Hall–Kier alpha value is -2.77. The third kappa shape index (κ3) is 4.68. The minimum Gasteiger partial charge on any atom is -0.497 e. The number of ether oxygens (including phenoxy) is 3. The van der Waals surface area contributed by atoms with E-state index >= 15 is 0 Å². The molecule has 7 nitrogen and oxygen atoms in total. The van der Waals surface area contributed by atoms with Crippen LogP contribution in [0.4, 0.5) is 5.69 Å². The molecule has 1 heterocycles. The summed E-state index contributed by atoms with van der Waals surface area (Å²) in [6.45, 7) is -0.371. The van der Waals surface area contributed by atoms with Gasteiger partial charge in [0.2, 0.25) is 11.7 Å². The maximum absolute atomic E-state index is 12.5. The number of benzene rings is 2. The molecule has 1 aliphatic rings. The van der Waals surface area contributed by atoms with E-state index in [1.807, 2.05) is 0 Å². The molecule has 158 valence electrons. The molecule has 30 heavy (non-hydrogen) atoms. The van der Waals surface area contributed by atoms with E-state index in [2.05, 4.69) is 0 Å². The second kappa shape index (κ2) is 9.36. The molecule has 0 unspecified atom stereocenters. The summed E-state index contributed by atoms with van der Waals surface area (Å²) in [6.07, 6.45) is -0.0326. The van der Waals surface area contributed by atoms with Gasteiger partial charge in [-0.1, -0.05) is 23.2 Å². The molecule has 1 atom stereocenters. The van der Waals surface area contributed by atoms with Crippen LogP contribution in [0.15, 0.2) is 36.4 Å². The highest BCUT2D eigenvalue weighted by Gasteiger charge is 2.37. The lowest BCUT2D eigenvalue weighted by Gasteiger charge is -2.20. The van der Waals surface area contributed by atoms with Crippen molar-refractivity contribution in [2.45, 2.75) is 6.42 Å². The Morgan fingerprint density at radius 3 is 2.53 bits per heavy atom. The van der Waals surface area contributed by atoms with Gasteiger partial charge in [0.25, 0.3) is 0 Å². The molecule has 0 spiro atoms. The van der Waals surface area contributed by atoms with Crippen LogP contribution in [0.25, 0.3) is 0 Å². The Morgan fingerprint density at radius 1 is 1.10 bits per heavy atom. The van der Waals surface area contributed by atoms with Gasteiger partial charge in [-0.25, -0.2) is 0 Å². The number of nitrogens with zero attached hydrogens (tertiary/aromatic N) is 1. The quantitative estimate of drug-likeness (QED) is 0.470. The van der Waals surface area contributed by atoms with E-state index in [1.54, 1.807) is 18.2 Å². The molecule has 0 aliphatic carbocycles. The van der Waals surface area contributed by atoms with E-state index in [0.29, 0.717) is 22.2 Å². The lowest BCUT2D eigenvalue weighted by molar-refractivity contribution is -0.147. The first-order valence-corrected chi connectivity index (χ1v) is 9.77. The van der Waals surface area contributed by atoms with Gasteiger partial charge in [0.15, 0.2) is 6.61 Å². The zero-order chi connectivity index (χ0) is 21.8. The highest BCUT2D eigenvalue weighted by Crippen LogP contribution is 2.36. The number of carbonyl (C=O) groups excluding carboxylic acids is 3. The summed E-state index contributed by atoms with van der Waals surface area (Å²) < 4.78 is 15.7. The standard InChI is InChI=1S/C21H19Cl2NO6/c1-28-14-4-6-19(29-2)17(9-14)24-10-12(7-20(24)26)21(27)30-11-18(25)15-5-3-13(22)8-16(15)23/h3-6,8-9,12H,7,10-11H2,1-2H3/t12-/m0/s1. The summed E-state index contributed by atoms with van der Waals surface area (Å²) in [6, 6.07) is 9.49. The van der Waals surface area contributed by atoms with E-state index < -0.39 is 24.3 Å². The van der Waals surface area contributed by atoms with E-state index in [9.17, 15) is 14.4 Å². The first kappa shape index (κ1) is 21.9. The third-order valence-corrected chi connectivity index (χ3v) is 5.26. The fourth-order valence-corrected chi connectivity index (χ4v) is 3.67. The van der Waals surface area contributed by atoms with Gasteiger partial charge in [0.1, 0.15) is 11.5 Å². The largest absolute Gasteiger partial charge is 0.497 e. The van der Waals surface area contributed by atoms with Gasteiger partial charge in [0.05, 0.1) is 30.8 Å². The van der Waals surface area contributed by atoms with Gasteiger partial charge in [-0.15, -0.1) is 0 Å². The highest BCUT2D eigenvalue weighted by molar-refractivity contribution is 6.36. The predicted molar refractivity (Wildman–Crippen MR) is 112 cm³/mol. The first-order chi connectivity index (χ1) is 14.3. The number of esters is 1. The molecule has 0 aromatic heterocycles. The van der Waals surface area contributed by atoms with Crippen LogP contribution in [-0.4, -0.2) is 45.0 Å². The van der Waals surface area contributed by atoms with Crippen molar-refractivity contribution in [2.24, 2.45) is 5.92 Å². The van der Waals surface area contributed by atoms with Crippen molar-refractivity contribution < 1.29 is 28.6 Å². The third-order valence-electron chi connectivity index (χ3n) is 4.71. The normalized spacial score (nSPS) is 15.8. The van der Waals surface area contributed by atoms with E-state index in [0.717, 1.165) is 0 Å². The first-order valence-electron chi connectivity index (χ1n) is 9.01. The number of rotatable bonds is 7. The molecule has 9 heteroatoms. The van der Waals surface area contributed by atoms with Crippen LogP contribution in [0.3, 0.4) is 0 Å². The predicted octanol–water partition coefficient (Wildman–Crippen LogP) is 3.79. The Kier molecular flexibility index (Phi) is 6.84. The average Bonchev–Trinajstić information content (AvgIpc) is 3.12. The van der Waals surface area contributed by atoms with Crippen molar-refractivity contribution in [2.75, 3.05) is 32.3 Å². The van der Waals surface area contributed by atoms with Crippen molar-refractivity contribution in [1.29, 1.82) is 0 Å². The van der Waals surface area contributed by atoms with Crippen molar-refractivity contribution in [3.8, 4) is 11.5 Å². The molecule has 1 aliphatic heterocycles. The van der Waals surface area contributed by atoms with Crippen LogP contribution in [0, 0.1) is 5.92 Å². The summed E-state index contributed by atoms with van der Waals surface area (Å²) >= 11 is 11.8. The SMILES string of the molecule is COc1ccc(OC)c(N2C[C@@H](C(=O)OCC(=O)c3ccc(Cl)cc3Cl)CC2=O)c1. The number of amides is 1. The molecule has 0 radical (unpaired) electrons. The number of anilines is 1. The zero-order valence-electron chi connectivity index (χ0n) is 16.3. The van der Waals surface area contributed by atoms with Gasteiger partial charge in [-0.05, 0) is 30.3 Å². The zero-order valence-corrected chi connectivity index (χ0v) is 17.8. The van der Waals surface area contributed by atoms with E-state index in [-0.39, 0.29) is 29.5 Å². The van der Waals surface area contributed by atoms with Gasteiger partial charge < -0.3 is 19.1 Å². The van der Waals surface area contributed by atoms with Gasteiger partial charge in [0, 0.05) is 29.6 Å². The number of carbonyl (C=O) groups is 3. The van der Waals surface area contributed by atoms with Crippen LogP contribution < -0.4 is 14.4 Å². The Bertz CT molecular complexity index is 993. The van der Waals surface area contributed by atoms with Gasteiger partial charge >= 0.3 is 5.97 Å².